The summed E-state index contributed by atoms with van der Waals surface area (Å²) in [6.45, 7) is 2.89. The zero-order valence-corrected chi connectivity index (χ0v) is 19.1. The molecule has 0 bridgehead atoms. The molecule has 0 aliphatic carbocycles. The first-order chi connectivity index (χ1) is 17.1. The molecule has 3 aromatic carbocycles. The number of nitrogens with zero attached hydrogens (tertiary/aromatic N) is 4. The van der Waals surface area contributed by atoms with Crippen LogP contribution in [0.1, 0.15) is 22.3 Å². The van der Waals surface area contributed by atoms with Gasteiger partial charge in [-0.3, -0.25) is 9.78 Å². The fourth-order valence-corrected chi connectivity index (χ4v) is 3.93. The number of hydrogen-bond acceptors (Lipinski definition) is 5. The van der Waals surface area contributed by atoms with E-state index in [2.05, 4.69) is 80.6 Å². The molecule has 35 heavy (non-hydrogen) atoms. The standard InChI is InChI=1S/C28H22N6O/c1-19-7-9-20(10-8-19)18-34-14-13-23-15-21(11-12-25(23)34)17-30-33-28-31-26(22-5-3-2-4-6-22)24(16-29)27(35)32-28/h2-15,17H,18H2,1H3,(H2,31,32,33,35). The lowest BCUT2D eigenvalue weighted by molar-refractivity contribution is 0.836. The lowest BCUT2D eigenvalue weighted by Crippen LogP contribution is -2.16. The molecule has 0 atom stereocenters. The van der Waals surface area contributed by atoms with Gasteiger partial charge in [-0.2, -0.15) is 10.4 Å². The van der Waals surface area contributed by atoms with E-state index in [4.69, 9.17) is 0 Å². The molecular weight excluding hydrogens is 436 g/mol. The average Bonchev–Trinajstić information content (AvgIpc) is 3.27. The molecule has 0 spiro atoms. The van der Waals surface area contributed by atoms with Gasteiger partial charge < -0.3 is 4.57 Å². The van der Waals surface area contributed by atoms with Gasteiger partial charge in [-0.05, 0) is 36.2 Å². The molecule has 5 rings (SSSR count). The number of H-pyrrole nitrogens is 1. The van der Waals surface area contributed by atoms with E-state index in [1.165, 1.54) is 11.1 Å². The monoisotopic (exact) mass is 458 g/mol. The van der Waals surface area contributed by atoms with Gasteiger partial charge in [0.1, 0.15) is 11.6 Å². The van der Waals surface area contributed by atoms with Crippen LogP contribution in [-0.2, 0) is 6.54 Å². The number of aromatic nitrogens is 3. The predicted molar refractivity (Wildman–Crippen MR) is 138 cm³/mol. The highest BCUT2D eigenvalue weighted by molar-refractivity contribution is 5.89. The molecular formula is C28H22N6O. The summed E-state index contributed by atoms with van der Waals surface area (Å²) in [5, 5.41) is 14.7. The Hall–Kier alpha value is -4.96. The third-order valence-corrected chi connectivity index (χ3v) is 5.73. The van der Waals surface area contributed by atoms with E-state index in [1.54, 1.807) is 18.3 Å². The smallest absolute Gasteiger partial charge is 0.270 e. The number of nitrogens with one attached hydrogen (secondary N) is 2. The SMILES string of the molecule is Cc1ccc(Cn2ccc3cc(C=NNc4nc(-c5ccccc5)c(C#N)c(=O)[nH]4)ccc32)cc1. The third-order valence-electron chi connectivity index (χ3n) is 5.73. The van der Waals surface area contributed by atoms with Crippen molar-refractivity contribution in [1.29, 1.82) is 5.26 Å². The number of aromatic amines is 1. The predicted octanol–water partition coefficient (Wildman–Crippen LogP) is 5.07. The number of aryl methyl sites for hydroxylation is 1. The van der Waals surface area contributed by atoms with E-state index in [0.717, 1.165) is 23.0 Å². The van der Waals surface area contributed by atoms with Gasteiger partial charge in [-0.25, -0.2) is 10.4 Å². The summed E-state index contributed by atoms with van der Waals surface area (Å²) in [7, 11) is 0. The summed E-state index contributed by atoms with van der Waals surface area (Å²) in [5.74, 6) is 0.162. The minimum absolute atomic E-state index is 0.0358. The van der Waals surface area contributed by atoms with Crippen LogP contribution in [0.2, 0.25) is 0 Å². The van der Waals surface area contributed by atoms with Crippen LogP contribution >= 0.6 is 0 Å². The number of benzene rings is 3. The highest BCUT2D eigenvalue weighted by Gasteiger charge is 2.12. The maximum atomic E-state index is 12.4. The topological polar surface area (TPSA) is 98.9 Å². The number of hydrazone groups is 1. The summed E-state index contributed by atoms with van der Waals surface area (Å²) in [4.78, 5) is 19.3. The summed E-state index contributed by atoms with van der Waals surface area (Å²) in [6.07, 6.45) is 3.75. The zero-order valence-electron chi connectivity index (χ0n) is 19.1. The lowest BCUT2D eigenvalue weighted by atomic mass is 10.1. The number of anilines is 1. The van der Waals surface area contributed by atoms with Gasteiger partial charge in [0.2, 0.25) is 5.95 Å². The minimum atomic E-state index is -0.518. The van der Waals surface area contributed by atoms with Gasteiger partial charge in [0.15, 0.2) is 0 Å². The molecule has 0 fully saturated rings. The van der Waals surface area contributed by atoms with Gasteiger partial charge in [-0.1, -0.05) is 66.2 Å². The molecule has 5 aromatic rings. The van der Waals surface area contributed by atoms with Crippen molar-refractivity contribution in [1.82, 2.24) is 14.5 Å². The molecule has 2 aromatic heterocycles. The van der Waals surface area contributed by atoms with Crippen LogP contribution in [-0.4, -0.2) is 20.7 Å². The van der Waals surface area contributed by atoms with Gasteiger partial charge in [0, 0.05) is 29.2 Å². The van der Waals surface area contributed by atoms with E-state index in [0.29, 0.717) is 11.3 Å². The van der Waals surface area contributed by atoms with Crippen molar-refractivity contribution >= 4 is 23.1 Å². The molecule has 2 N–H and O–H groups in total. The van der Waals surface area contributed by atoms with Crippen molar-refractivity contribution < 1.29 is 0 Å². The minimum Gasteiger partial charge on any atom is -0.343 e. The highest BCUT2D eigenvalue weighted by atomic mass is 16.1. The van der Waals surface area contributed by atoms with Crippen LogP contribution in [0.3, 0.4) is 0 Å². The van der Waals surface area contributed by atoms with E-state index in [-0.39, 0.29) is 11.5 Å². The second-order valence-corrected chi connectivity index (χ2v) is 8.23. The maximum absolute atomic E-state index is 12.4. The van der Waals surface area contributed by atoms with Crippen LogP contribution in [0.15, 0.2) is 95.0 Å². The van der Waals surface area contributed by atoms with Crippen LogP contribution in [0.25, 0.3) is 22.2 Å². The first-order valence-electron chi connectivity index (χ1n) is 11.1. The normalized spacial score (nSPS) is 11.1. The molecule has 0 aliphatic heterocycles. The Bertz CT molecular complexity index is 1620. The molecule has 0 saturated heterocycles. The largest absolute Gasteiger partial charge is 0.343 e. The Morgan fingerprint density at radius 2 is 1.89 bits per heavy atom. The summed E-state index contributed by atoms with van der Waals surface area (Å²) < 4.78 is 2.22. The van der Waals surface area contributed by atoms with Crippen LogP contribution < -0.4 is 11.0 Å². The summed E-state index contributed by atoms with van der Waals surface area (Å²) in [6, 6.07) is 27.8. The number of rotatable bonds is 6. The molecule has 0 aliphatic rings. The average molecular weight is 459 g/mol. The molecule has 7 nitrogen and oxygen atoms in total. The fraction of sp³-hybridized carbons (Fsp3) is 0.0714. The molecule has 0 unspecified atom stereocenters. The molecule has 0 amide bonds. The van der Waals surface area contributed by atoms with E-state index < -0.39 is 5.56 Å². The number of hydrogen-bond donors (Lipinski definition) is 2. The molecule has 2 heterocycles. The molecule has 0 saturated carbocycles. The van der Waals surface area contributed by atoms with Crippen LogP contribution in [0, 0.1) is 18.3 Å². The van der Waals surface area contributed by atoms with E-state index >= 15 is 0 Å². The van der Waals surface area contributed by atoms with E-state index in [9.17, 15) is 10.1 Å². The molecule has 7 heteroatoms. The van der Waals surface area contributed by atoms with Gasteiger partial charge >= 0.3 is 0 Å². The van der Waals surface area contributed by atoms with Gasteiger partial charge in [-0.15, -0.1) is 0 Å². The Morgan fingerprint density at radius 3 is 2.66 bits per heavy atom. The molecule has 0 radical (unpaired) electrons. The Kier molecular flexibility index (Phi) is 5.93. The Balaban J connectivity index is 1.35. The quantitative estimate of drug-likeness (QED) is 0.274. The first kappa shape index (κ1) is 21.9. The van der Waals surface area contributed by atoms with Crippen molar-refractivity contribution in [3.8, 4) is 17.3 Å². The fourth-order valence-electron chi connectivity index (χ4n) is 3.93. The highest BCUT2D eigenvalue weighted by Crippen LogP contribution is 2.20. The van der Waals surface area contributed by atoms with Crippen LogP contribution in [0.5, 0.6) is 0 Å². The van der Waals surface area contributed by atoms with Gasteiger partial charge in [0.05, 0.1) is 11.9 Å². The second kappa shape index (κ2) is 9.49. The van der Waals surface area contributed by atoms with Crippen LogP contribution in [0.4, 0.5) is 5.95 Å². The third kappa shape index (κ3) is 4.72. The van der Waals surface area contributed by atoms with Crippen molar-refractivity contribution in [3.05, 3.63) is 118 Å². The number of fused-ring (bicyclic) bond motifs is 1. The molecule has 170 valence electrons. The van der Waals surface area contributed by atoms with Crippen molar-refractivity contribution in [2.24, 2.45) is 5.10 Å². The van der Waals surface area contributed by atoms with Crippen molar-refractivity contribution in [3.63, 3.8) is 0 Å². The zero-order chi connectivity index (χ0) is 24.2. The van der Waals surface area contributed by atoms with Crippen molar-refractivity contribution in [2.45, 2.75) is 13.5 Å². The van der Waals surface area contributed by atoms with Gasteiger partial charge in [0.25, 0.3) is 5.56 Å². The summed E-state index contributed by atoms with van der Waals surface area (Å²) in [5.41, 5.74) is 7.76. The van der Waals surface area contributed by atoms with E-state index in [1.807, 2.05) is 30.3 Å². The lowest BCUT2D eigenvalue weighted by Gasteiger charge is -2.07. The van der Waals surface area contributed by atoms with Crippen molar-refractivity contribution in [2.75, 3.05) is 5.43 Å². The first-order valence-corrected chi connectivity index (χ1v) is 11.1. The Labute approximate surface area is 202 Å². The maximum Gasteiger partial charge on any atom is 0.270 e. The number of nitriles is 1. The Morgan fingerprint density at radius 1 is 1.09 bits per heavy atom. The summed E-state index contributed by atoms with van der Waals surface area (Å²) >= 11 is 0. The second-order valence-electron chi connectivity index (χ2n) is 8.23.